The summed E-state index contributed by atoms with van der Waals surface area (Å²) in [5.41, 5.74) is 4.14. The molecule has 3 aromatic rings. The van der Waals surface area contributed by atoms with E-state index in [0.717, 1.165) is 24.0 Å². The number of aryl methyl sites for hydroxylation is 2. The second-order valence-corrected chi connectivity index (χ2v) is 6.57. The topological polar surface area (TPSA) is 80.1 Å². The Morgan fingerprint density at radius 1 is 1.19 bits per heavy atom. The van der Waals surface area contributed by atoms with Gasteiger partial charge < -0.3 is 10.2 Å². The van der Waals surface area contributed by atoms with E-state index in [1.807, 2.05) is 37.3 Å². The van der Waals surface area contributed by atoms with E-state index in [1.165, 1.54) is 5.56 Å². The van der Waals surface area contributed by atoms with Gasteiger partial charge in [-0.25, -0.2) is 4.68 Å². The zero-order valence-corrected chi connectivity index (χ0v) is 15.2. The molecule has 2 heterocycles. The van der Waals surface area contributed by atoms with Gasteiger partial charge in [-0.2, -0.15) is 0 Å². The number of carbonyl (C=O) groups is 2. The molecule has 0 aliphatic carbocycles. The van der Waals surface area contributed by atoms with Crippen LogP contribution in [0.3, 0.4) is 0 Å². The quantitative estimate of drug-likeness (QED) is 0.770. The number of hydrogen-bond acceptors (Lipinski definition) is 4. The van der Waals surface area contributed by atoms with E-state index in [-0.39, 0.29) is 18.4 Å². The minimum absolute atomic E-state index is 0.0349. The van der Waals surface area contributed by atoms with Crippen LogP contribution in [0.1, 0.15) is 29.3 Å². The fourth-order valence-electron chi connectivity index (χ4n) is 3.49. The van der Waals surface area contributed by atoms with Crippen LogP contribution in [-0.2, 0) is 17.8 Å². The largest absolute Gasteiger partial charge is 0.343 e. The van der Waals surface area contributed by atoms with E-state index in [4.69, 9.17) is 0 Å². The normalized spacial score (nSPS) is 13.4. The van der Waals surface area contributed by atoms with Crippen LogP contribution in [0, 0.1) is 0 Å². The Labute approximate surface area is 157 Å². The lowest BCUT2D eigenvalue weighted by Gasteiger charge is -2.29. The molecular weight excluding hydrogens is 342 g/mol. The van der Waals surface area contributed by atoms with Crippen molar-refractivity contribution in [2.45, 2.75) is 26.3 Å². The molecule has 138 valence electrons. The molecular formula is C20H21N5O2. The van der Waals surface area contributed by atoms with Crippen LogP contribution < -0.4 is 10.2 Å². The van der Waals surface area contributed by atoms with E-state index >= 15 is 0 Å². The average Bonchev–Trinajstić information content (AvgIpc) is 3.13. The van der Waals surface area contributed by atoms with Crippen molar-refractivity contribution < 1.29 is 9.59 Å². The molecule has 0 spiro atoms. The molecule has 1 aliphatic rings. The summed E-state index contributed by atoms with van der Waals surface area (Å²) in [7, 11) is 0. The SMILES string of the molecule is CCn1nnc2cc(C(=O)NCC(=O)N3CCCc4ccccc43)ccc21. The Hall–Kier alpha value is -3.22. The van der Waals surface area contributed by atoms with Gasteiger partial charge in [0.15, 0.2) is 0 Å². The minimum Gasteiger partial charge on any atom is -0.343 e. The summed E-state index contributed by atoms with van der Waals surface area (Å²) in [5.74, 6) is -0.393. The van der Waals surface area contributed by atoms with Crippen molar-refractivity contribution >= 4 is 28.5 Å². The lowest BCUT2D eigenvalue weighted by atomic mass is 10.0. The minimum atomic E-state index is -0.290. The summed E-state index contributed by atoms with van der Waals surface area (Å²) in [6.07, 6.45) is 1.91. The molecule has 0 atom stereocenters. The van der Waals surface area contributed by atoms with E-state index in [1.54, 1.807) is 21.7 Å². The van der Waals surface area contributed by atoms with Crippen LogP contribution in [0.2, 0.25) is 0 Å². The van der Waals surface area contributed by atoms with Crippen molar-refractivity contribution in [3.63, 3.8) is 0 Å². The number of hydrogen-bond donors (Lipinski definition) is 1. The van der Waals surface area contributed by atoms with Crippen LogP contribution >= 0.6 is 0 Å². The van der Waals surface area contributed by atoms with Gasteiger partial charge in [0.2, 0.25) is 5.91 Å². The third-order valence-electron chi connectivity index (χ3n) is 4.89. The molecule has 7 nitrogen and oxygen atoms in total. The van der Waals surface area contributed by atoms with Crippen molar-refractivity contribution in [3.8, 4) is 0 Å². The fraction of sp³-hybridized carbons (Fsp3) is 0.300. The van der Waals surface area contributed by atoms with Gasteiger partial charge in [-0.1, -0.05) is 23.4 Å². The third kappa shape index (κ3) is 3.28. The summed E-state index contributed by atoms with van der Waals surface area (Å²) in [5, 5.41) is 10.9. The van der Waals surface area contributed by atoms with Gasteiger partial charge in [-0.05, 0) is 49.6 Å². The number of fused-ring (bicyclic) bond motifs is 2. The van der Waals surface area contributed by atoms with Gasteiger partial charge >= 0.3 is 0 Å². The number of anilines is 1. The van der Waals surface area contributed by atoms with Crippen LogP contribution in [0.25, 0.3) is 11.0 Å². The van der Waals surface area contributed by atoms with Gasteiger partial charge in [0.1, 0.15) is 5.52 Å². The van der Waals surface area contributed by atoms with Crippen LogP contribution in [-0.4, -0.2) is 39.9 Å². The number of nitrogens with zero attached hydrogens (tertiary/aromatic N) is 4. The maximum Gasteiger partial charge on any atom is 0.251 e. The first kappa shape index (κ1) is 17.2. The molecule has 4 rings (SSSR count). The molecule has 0 bridgehead atoms. The molecule has 0 radical (unpaired) electrons. The number of para-hydroxylation sites is 1. The number of benzene rings is 2. The monoisotopic (exact) mass is 363 g/mol. The van der Waals surface area contributed by atoms with Crippen LogP contribution in [0.4, 0.5) is 5.69 Å². The highest BCUT2D eigenvalue weighted by atomic mass is 16.2. The lowest BCUT2D eigenvalue weighted by molar-refractivity contribution is -0.117. The summed E-state index contributed by atoms with van der Waals surface area (Å²) >= 11 is 0. The molecule has 2 aromatic carbocycles. The summed E-state index contributed by atoms with van der Waals surface area (Å²) in [4.78, 5) is 26.9. The Morgan fingerprint density at radius 2 is 2.04 bits per heavy atom. The first-order valence-electron chi connectivity index (χ1n) is 9.17. The predicted molar refractivity (Wildman–Crippen MR) is 103 cm³/mol. The summed E-state index contributed by atoms with van der Waals surface area (Å²) < 4.78 is 1.77. The molecule has 2 amide bonds. The molecule has 1 aliphatic heterocycles. The zero-order valence-electron chi connectivity index (χ0n) is 15.2. The first-order valence-corrected chi connectivity index (χ1v) is 9.17. The fourth-order valence-corrected chi connectivity index (χ4v) is 3.49. The highest BCUT2D eigenvalue weighted by Gasteiger charge is 2.22. The molecule has 0 fully saturated rings. The van der Waals surface area contributed by atoms with E-state index < -0.39 is 0 Å². The van der Waals surface area contributed by atoms with E-state index in [9.17, 15) is 9.59 Å². The maximum absolute atomic E-state index is 12.6. The Balaban J connectivity index is 1.44. The maximum atomic E-state index is 12.6. The van der Waals surface area contributed by atoms with Crippen molar-refractivity contribution in [2.24, 2.45) is 0 Å². The van der Waals surface area contributed by atoms with Gasteiger partial charge in [0.25, 0.3) is 5.91 Å². The van der Waals surface area contributed by atoms with E-state index in [2.05, 4.69) is 15.6 Å². The molecule has 1 aromatic heterocycles. The second kappa shape index (κ2) is 7.19. The standard InChI is InChI=1S/C20H21N5O2/c1-2-25-18-10-9-15(12-16(18)22-23-25)20(27)21-13-19(26)24-11-5-7-14-6-3-4-8-17(14)24/h3-4,6,8-10,12H,2,5,7,11,13H2,1H3,(H,21,27). The van der Waals surface area contributed by atoms with Crippen molar-refractivity contribution in [1.29, 1.82) is 0 Å². The Kier molecular flexibility index (Phi) is 4.58. The molecule has 1 N–H and O–H groups in total. The molecule has 0 unspecified atom stereocenters. The van der Waals surface area contributed by atoms with Crippen molar-refractivity contribution in [2.75, 3.05) is 18.0 Å². The lowest BCUT2D eigenvalue weighted by Crippen LogP contribution is -2.42. The number of rotatable bonds is 4. The third-order valence-corrected chi connectivity index (χ3v) is 4.89. The summed E-state index contributed by atoms with van der Waals surface area (Å²) in [6, 6.07) is 13.2. The molecule has 0 saturated heterocycles. The van der Waals surface area contributed by atoms with E-state index in [0.29, 0.717) is 24.2 Å². The molecule has 7 heteroatoms. The number of amides is 2. The van der Waals surface area contributed by atoms with Crippen LogP contribution in [0.5, 0.6) is 0 Å². The first-order chi connectivity index (χ1) is 13.2. The number of nitrogens with one attached hydrogen (secondary N) is 1. The predicted octanol–water partition coefficient (Wildman–Crippen LogP) is 2.16. The zero-order chi connectivity index (χ0) is 18.8. The van der Waals surface area contributed by atoms with Gasteiger partial charge in [-0.3, -0.25) is 9.59 Å². The van der Waals surface area contributed by atoms with Gasteiger partial charge in [0.05, 0.1) is 12.1 Å². The van der Waals surface area contributed by atoms with Crippen LogP contribution in [0.15, 0.2) is 42.5 Å². The smallest absolute Gasteiger partial charge is 0.251 e. The molecule has 0 saturated carbocycles. The highest BCUT2D eigenvalue weighted by molar-refractivity contribution is 6.02. The number of carbonyl (C=O) groups excluding carboxylic acids is 2. The van der Waals surface area contributed by atoms with Crippen molar-refractivity contribution in [3.05, 3.63) is 53.6 Å². The summed E-state index contributed by atoms with van der Waals surface area (Å²) in [6.45, 7) is 3.34. The molecule has 27 heavy (non-hydrogen) atoms. The van der Waals surface area contributed by atoms with Crippen molar-refractivity contribution in [1.82, 2.24) is 20.3 Å². The second-order valence-electron chi connectivity index (χ2n) is 6.57. The Bertz CT molecular complexity index is 1010. The van der Waals surface area contributed by atoms with Gasteiger partial charge in [0, 0.05) is 24.3 Å². The average molecular weight is 363 g/mol. The number of aromatic nitrogens is 3. The highest BCUT2D eigenvalue weighted by Crippen LogP contribution is 2.26. The Morgan fingerprint density at radius 3 is 2.89 bits per heavy atom. The van der Waals surface area contributed by atoms with Gasteiger partial charge in [-0.15, -0.1) is 5.10 Å².